The molecule has 0 bridgehead atoms. The van der Waals surface area contributed by atoms with E-state index in [1.807, 2.05) is 66.7 Å². The molecule has 42 heavy (non-hydrogen) atoms. The Balaban J connectivity index is 0.980. The van der Waals surface area contributed by atoms with Crippen LogP contribution in [0.15, 0.2) is 91.0 Å². The number of fused-ring (bicyclic) bond motifs is 1. The van der Waals surface area contributed by atoms with Crippen LogP contribution in [0.2, 0.25) is 0 Å². The second-order valence-corrected chi connectivity index (χ2v) is 9.93. The van der Waals surface area contributed by atoms with E-state index in [-0.39, 0.29) is 0 Å². The number of ether oxygens (including phenoxy) is 4. The van der Waals surface area contributed by atoms with Gasteiger partial charge in [0.2, 0.25) is 12.2 Å². The molecule has 0 saturated carbocycles. The fourth-order valence-corrected chi connectivity index (χ4v) is 4.53. The zero-order chi connectivity index (χ0) is 29.1. The minimum Gasteiger partial charge on any atom is -0.491 e. The van der Waals surface area contributed by atoms with Crippen LogP contribution < -0.4 is 20.5 Å². The van der Waals surface area contributed by atoms with Crippen LogP contribution in [0.4, 0.5) is 0 Å². The van der Waals surface area contributed by atoms with E-state index in [1.54, 1.807) is 24.3 Å². The molecular weight excluding hydrogens is 534 g/mol. The summed E-state index contributed by atoms with van der Waals surface area (Å²) in [5.74, 6) is 0.985. The molecular formula is C33H35N3O6. The largest absolute Gasteiger partial charge is 0.491 e. The third-order valence-electron chi connectivity index (χ3n) is 6.80. The van der Waals surface area contributed by atoms with Crippen molar-refractivity contribution in [3.05, 3.63) is 125 Å². The summed E-state index contributed by atoms with van der Waals surface area (Å²) < 4.78 is 23.2. The first-order valence-electron chi connectivity index (χ1n) is 14.0. The summed E-state index contributed by atoms with van der Waals surface area (Å²) in [5, 5.41) is 14.0. The van der Waals surface area contributed by atoms with Gasteiger partial charge in [-0.15, -0.1) is 0 Å². The standard InChI is InChI=1S/C33H35N3O6/c34-32(38)26-8-4-5-24(19-26)21-39-17-18-40-27-11-9-23(10-12-27)15-16-35-20-30(37)28-13-14-31-29(36-28)22-41-33(42-31)25-6-2-1-3-7-25/h1-14,19,30,33,35,37H,15-18,20-22H2,(H2,34,38). The van der Waals surface area contributed by atoms with E-state index in [0.717, 1.165) is 28.9 Å². The number of primary amides is 1. The summed E-state index contributed by atoms with van der Waals surface area (Å²) >= 11 is 0. The molecule has 0 radical (unpaired) electrons. The molecule has 0 spiro atoms. The van der Waals surface area contributed by atoms with E-state index in [0.29, 0.717) is 62.2 Å². The van der Waals surface area contributed by atoms with Gasteiger partial charge in [-0.1, -0.05) is 54.6 Å². The van der Waals surface area contributed by atoms with Gasteiger partial charge in [0.25, 0.3) is 0 Å². The molecule has 0 aliphatic carbocycles. The maximum atomic E-state index is 11.3. The number of aromatic nitrogens is 1. The van der Waals surface area contributed by atoms with Crippen molar-refractivity contribution in [2.75, 3.05) is 26.3 Å². The molecule has 2 heterocycles. The molecule has 1 aromatic heterocycles. The number of nitrogens with one attached hydrogen (secondary N) is 1. The van der Waals surface area contributed by atoms with E-state index < -0.39 is 18.3 Å². The Kier molecular flexibility index (Phi) is 10.1. The zero-order valence-electron chi connectivity index (χ0n) is 23.3. The first-order chi connectivity index (χ1) is 20.5. The summed E-state index contributed by atoms with van der Waals surface area (Å²) in [4.78, 5) is 15.9. The first-order valence-corrected chi connectivity index (χ1v) is 14.0. The summed E-state index contributed by atoms with van der Waals surface area (Å²) in [5.41, 5.74) is 10.0. The number of carbonyl (C=O) groups is 1. The Morgan fingerprint density at radius 3 is 2.64 bits per heavy atom. The fourth-order valence-electron chi connectivity index (χ4n) is 4.53. The first kappa shape index (κ1) is 29.2. The number of aliphatic hydroxyl groups is 1. The van der Waals surface area contributed by atoms with Gasteiger partial charge in [0.05, 0.1) is 25.5 Å². The highest BCUT2D eigenvalue weighted by atomic mass is 16.7. The van der Waals surface area contributed by atoms with Crippen LogP contribution in [-0.2, 0) is 29.1 Å². The van der Waals surface area contributed by atoms with E-state index >= 15 is 0 Å². The minimum atomic E-state index is -0.743. The molecule has 0 saturated heterocycles. The predicted molar refractivity (Wildman–Crippen MR) is 157 cm³/mol. The third-order valence-corrected chi connectivity index (χ3v) is 6.80. The Labute approximate surface area is 245 Å². The van der Waals surface area contributed by atoms with Crippen molar-refractivity contribution in [3.8, 4) is 11.5 Å². The number of rotatable bonds is 14. The van der Waals surface area contributed by atoms with Crippen LogP contribution in [0.3, 0.4) is 0 Å². The topological polar surface area (TPSA) is 125 Å². The number of amides is 1. The Bertz CT molecular complexity index is 1450. The lowest BCUT2D eigenvalue weighted by Gasteiger charge is -2.26. The van der Waals surface area contributed by atoms with Gasteiger partial charge in [0.1, 0.15) is 29.9 Å². The van der Waals surface area contributed by atoms with Gasteiger partial charge in [0.15, 0.2) is 0 Å². The van der Waals surface area contributed by atoms with Crippen molar-refractivity contribution in [1.82, 2.24) is 10.3 Å². The highest BCUT2D eigenvalue weighted by molar-refractivity contribution is 5.92. The van der Waals surface area contributed by atoms with Gasteiger partial charge in [-0.3, -0.25) is 4.79 Å². The number of nitrogens with two attached hydrogens (primary N) is 1. The third kappa shape index (κ3) is 8.14. The second-order valence-electron chi connectivity index (χ2n) is 9.93. The van der Waals surface area contributed by atoms with Gasteiger partial charge in [0, 0.05) is 17.7 Å². The van der Waals surface area contributed by atoms with Crippen molar-refractivity contribution < 1.29 is 28.8 Å². The number of hydrogen-bond acceptors (Lipinski definition) is 8. The van der Waals surface area contributed by atoms with Crippen LogP contribution in [0.5, 0.6) is 11.5 Å². The van der Waals surface area contributed by atoms with Crippen molar-refractivity contribution in [1.29, 1.82) is 0 Å². The number of benzene rings is 3. The Hall–Kier alpha value is -4.28. The quantitative estimate of drug-likeness (QED) is 0.193. The maximum Gasteiger partial charge on any atom is 0.248 e. The summed E-state index contributed by atoms with van der Waals surface area (Å²) in [7, 11) is 0. The van der Waals surface area contributed by atoms with Crippen LogP contribution in [-0.4, -0.2) is 42.3 Å². The summed E-state index contributed by atoms with van der Waals surface area (Å²) in [6.45, 7) is 2.62. The molecule has 3 aromatic carbocycles. The molecule has 4 aromatic rings. The van der Waals surface area contributed by atoms with E-state index in [4.69, 9.17) is 24.7 Å². The molecule has 1 amide bonds. The molecule has 0 fully saturated rings. The molecule has 1 aliphatic rings. The van der Waals surface area contributed by atoms with Gasteiger partial charge in [-0.25, -0.2) is 4.98 Å². The highest BCUT2D eigenvalue weighted by Crippen LogP contribution is 2.32. The van der Waals surface area contributed by atoms with Crippen molar-refractivity contribution >= 4 is 5.91 Å². The number of carbonyl (C=O) groups excluding carboxylic acids is 1. The molecule has 5 rings (SSSR count). The van der Waals surface area contributed by atoms with Crippen LogP contribution >= 0.6 is 0 Å². The molecule has 4 N–H and O–H groups in total. The van der Waals surface area contributed by atoms with E-state index in [2.05, 4.69) is 10.3 Å². The van der Waals surface area contributed by atoms with E-state index in [9.17, 15) is 9.90 Å². The predicted octanol–water partition coefficient (Wildman–Crippen LogP) is 4.25. The van der Waals surface area contributed by atoms with E-state index in [1.165, 1.54) is 0 Å². The minimum absolute atomic E-state index is 0.322. The van der Waals surface area contributed by atoms with Crippen LogP contribution in [0.1, 0.15) is 50.8 Å². The van der Waals surface area contributed by atoms with Crippen LogP contribution in [0.25, 0.3) is 0 Å². The lowest BCUT2D eigenvalue weighted by Crippen LogP contribution is -2.25. The number of hydrogen-bond donors (Lipinski definition) is 3. The smallest absolute Gasteiger partial charge is 0.248 e. The molecule has 9 heteroatoms. The SMILES string of the molecule is NC(=O)c1cccc(COCCOc2ccc(CCNCC(O)c3ccc4c(n3)COC(c3ccccc3)O4)cc2)c1. The molecule has 2 atom stereocenters. The normalized spacial score (nSPS) is 14.9. The lowest BCUT2D eigenvalue weighted by molar-refractivity contribution is -0.113. The summed E-state index contributed by atoms with van der Waals surface area (Å²) in [6.07, 6.45) is -0.397. The molecule has 1 aliphatic heterocycles. The fraction of sp³-hybridized carbons (Fsp3) is 0.273. The van der Waals surface area contributed by atoms with Crippen molar-refractivity contribution in [3.63, 3.8) is 0 Å². The monoisotopic (exact) mass is 569 g/mol. The zero-order valence-corrected chi connectivity index (χ0v) is 23.3. The van der Waals surface area contributed by atoms with Gasteiger partial charge < -0.3 is 35.1 Å². The Morgan fingerprint density at radius 1 is 1.00 bits per heavy atom. The Morgan fingerprint density at radius 2 is 1.83 bits per heavy atom. The second kappa shape index (κ2) is 14.6. The molecule has 218 valence electrons. The highest BCUT2D eigenvalue weighted by Gasteiger charge is 2.24. The molecule has 9 nitrogen and oxygen atoms in total. The number of nitrogens with zero attached hydrogens (tertiary/aromatic N) is 1. The summed E-state index contributed by atoms with van der Waals surface area (Å²) in [6, 6.07) is 28.4. The number of pyridine rings is 1. The molecule has 2 unspecified atom stereocenters. The maximum absolute atomic E-state index is 11.3. The average molecular weight is 570 g/mol. The lowest BCUT2D eigenvalue weighted by atomic mass is 10.1. The van der Waals surface area contributed by atoms with Crippen LogP contribution in [0, 0.1) is 0 Å². The van der Waals surface area contributed by atoms with Crippen molar-refractivity contribution in [2.45, 2.75) is 32.0 Å². The van der Waals surface area contributed by atoms with Gasteiger partial charge >= 0.3 is 0 Å². The number of aliphatic hydroxyl groups excluding tert-OH is 1. The van der Waals surface area contributed by atoms with Gasteiger partial charge in [-0.05, 0) is 60.5 Å². The van der Waals surface area contributed by atoms with Gasteiger partial charge in [-0.2, -0.15) is 0 Å². The average Bonchev–Trinajstić information content (AvgIpc) is 3.03. The van der Waals surface area contributed by atoms with Crippen molar-refractivity contribution in [2.24, 2.45) is 5.73 Å².